The number of hydrogen-bond donors (Lipinski definition) is 1. The summed E-state index contributed by atoms with van der Waals surface area (Å²) in [4.78, 5) is 4.26. The number of rotatable bonds is 5. The van der Waals surface area contributed by atoms with Crippen molar-refractivity contribution in [1.29, 1.82) is 0 Å². The van der Waals surface area contributed by atoms with Crippen molar-refractivity contribution in [1.82, 2.24) is 10.3 Å². The van der Waals surface area contributed by atoms with E-state index in [2.05, 4.69) is 38.0 Å². The Morgan fingerprint density at radius 1 is 1.43 bits per heavy atom. The van der Waals surface area contributed by atoms with Crippen LogP contribution in [0.4, 0.5) is 0 Å². The molecule has 0 fully saturated rings. The first-order valence-corrected chi connectivity index (χ1v) is 5.31. The molecule has 0 aliphatic heterocycles. The lowest BCUT2D eigenvalue weighted by molar-refractivity contribution is 0.387. The highest BCUT2D eigenvalue weighted by molar-refractivity contribution is 4.98. The Morgan fingerprint density at radius 3 is 2.71 bits per heavy atom. The fraction of sp³-hybridized carbons (Fsp3) is 0.727. The maximum Gasteiger partial charge on any atom is 0.211 e. The lowest BCUT2D eigenvalue weighted by Crippen LogP contribution is -2.17. The molecule has 0 spiro atoms. The van der Waals surface area contributed by atoms with Crippen molar-refractivity contribution in [2.24, 2.45) is 5.92 Å². The third kappa shape index (κ3) is 3.14. The second-order valence-corrected chi connectivity index (χ2v) is 4.04. The first-order chi connectivity index (χ1) is 6.63. The second kappa shape index (κ2) is 5.15. The van der Waals surface area contributed by atoms with E-state index in [9.17, 15) is 0 Å². The van der Waals surface area contributed by atoms with Gasteiger partial charge in [-0.25, -0.2) is 4.98 Å². The molecule has 1 N–H and O–H groups in total. The fourth-order valence-electron chi connectivity index (χ4n) is 1.41. The number of hydrogen-bond acceptors (Lipinski definition) is 3. The monoisotopic (exact) mass is 196 g/mol. The second-order valence-electron chi connectivity index (χ2n) is 4.04. The van der Waals surface area contributed by atoms with Gasteiger partial charge in [0.15, 0.2) is 0 Å². The maximum absolute atomic E-state index is 5.64. The molecule has 0 saturated carbocycles. The summed E-state index contributed by atoms with van der Waals surface area (Å²) in [6, 6.07) is 0.209. The molecule has 14 heavy (non-hydrogen) atoms. The summed E-state index contributed by atoms with van der Waals surface area (Å²) < 4.78 is 5.64. The smallest absolute Gasteiger partial charge is 0.211 e. The lowest BCUT2D eigenvalue weighted by atomic mass is 10.1. The number of oxazole rings is 1. The van der Waals surface area contributed by atoms with Gasteiger partial charge in [0.25, 0.3) is 0 Å². The SMILES string of the molecule is CCNC(C)c1ncc(CC(C)C)o1. The molecule has 0 saturated heterocycles. The van der Waals surface area contributed by atoms with Crippen molar-refractivity contribution < 1.29 is 4.42 Å². The van der Waals surface area contributed by atoms with Crippen LogP contribution in [0.25, 0.3) is 0 Å². The molecule has 1 rings (SSSR count). The molecule has 80 valence electrons. The predicted octanol–water partition coefficient (Wildman–Crippen LogP) is 2.54. The largest absolute Gasteiger partial charge is 0.444 e. The van der Waals surface area contributed by atoms with Crippen LogP contribution in [0.5, 0.6) is 0 Å². The van der Waals surface area contributed by atoms with E-state index >= 15 is 0 Å². The van der Waals surface area contributed by atoms with Crippen LogP contribution in [0.1, 0.15) is 45.4 Å². The average molecular weight is 196 g/mol. The van der Waals surface area contributed by atoms with Crippen molar-refractivity contribution in [2.45, 2.75) is 40.2 Å². The Balaban J connectivity index is 2.58. The van der Waals surface area contributed by atoms with E-state index in [-0.39, 0.29) is 6.04 Å². The van der Waals surface area contributed by atoms with E-state index in [4.69, 9.17) is 4.42 Å². The zero-order valence-corrected chi connectivity index (χ0v) is 9.50. The van der Waals surface area contributed by atoms with Gasteiger partial charge in [-0.05, 0) is 19.4 Å². The van der Waals surface area contributed by atoms with Gasteiger partial charge in [-0.1, -0.05) is 20.8 Å². The summed E-state index contributed by atoms with van der Waals surface area (Å²) >= 11 is 0. The van der Waals surface area contributed by atoms with Gasteiger partial charge in [-0.3, -0.25) is 0 Å². The third-order valence-corrected chi connectivity index (χ3v) is 2.06. The molecule has 3 nitrogen and oxygen atoms in total. The molecule has 0 amide bonds. The van der Waals surface area contributed by atoms with E-state index in [0.717, 1.165) is 24.6 Å². The highest BCUT2D eigenvalue weighted by Gasteiger charge is 2.11. The maximum atomic E-state index is 5.64. The molecule has 1 unspecified atom stereocenters. The molecular weight excluding hydrogens is 176 g/mol. The van der Waals surface area contributed by atoms with Gasteiger partial charge >= 0.3 is 0 Å². The van der Waals surface area contributed by atoms with Gasteiger partial charge in [0.1, 0.15) is 5.76 Å². The van der Waals surface area contributed by atoms with Gasteiger partial charge in [0, 0.05) is 6.42 Å². The Bertz CT molecular complexity index is 268. The summed E-state index contributed by atoms with van der Waals surface area (Å²) in [5.41, 5.74) is 0. The van der Waals surface area contributed by atoms with Gasteiger partial charge in [0.2, 0.25) is 5.89 Å². The highest BCUT2D eigenvalue weighted by Crippen LogP contribution is 2.15. The Morgan fingerprint density at radius 2 is 2.14 bits per heavy atom. The minimum absolute atomic E-state index is 0.209. The summed E-state index contributed by atoms with van der Waals surface area (Å²) in [6.07, 6.45) is 2.80. The van der Waals surface area contributed by atoms with Crippen molar-refractivity contribution in [3.63, 3.8) is 0 Å². The standard InChI is InChI=1S/C11H20N2O/c1-5-12-9(4)11-13-7-10(14-11)6-8(2)3/h7-9,12H,5-6H2,1-4H3. The zero-order valence-electron chi connectivity index (χ0n) is 9.50. The highest BCUT2D eigenvalue weighted by atomic mass is 16.4. The number of nitrogens with one attached hydrogen (secondary N) is 1. The summed E-state index contributed by atoms with van der Waals surface area (Å²) in [7, 11) is 0. The molecule has 0 bridgehead atoms. The molecule has 1 aromatic heterocycles. The van der Waals surface area contributed by atoms with E-state index in [1.165, 1.54) is 0 Å². The van der Waals surface area contributed by atoms with Crippen molar-refractivity contribution in [3.8, 4) is 0 Å². The molecule has 1 atom stereocenters. The summed E-state index contributed by atoms with van der Waals surface area (Å²) in [5, 5.41) is 3.27. The van der Waals surface area contributed by atoms with Crippen LogP contribution in [0, 0.1) is 5.92 Å². The van der Waals surface area contributed by atoms with Crippen molar-refractivity contribution in [3.05, 3.63) is 17.8 Å². The van der Waals surface area contributed by atoms with Gasteiger partial charge in [-0.2, -0.15) is 0 Å². The molecular formula is C11H20N2O. The summed E-state index contributed by atoms with van der Waals surface area (Å²) in [5.74, 6) is 2.40. The van der Waals surface area contributed by atoms with Crippen LogP contribution in [-0.2, 0) is 6.42 Å². The molecule has 1 heterocycles. The van der Waals surface area contributed by atoms with Crippen LogP contribution in [0.15, 0.2) is 10.6 Å². The van der Waals surface area contributed by atoms with Crippen LogP contribution in [-0.4, -0.2) is 11.5 Å². The molecule has 0 radical (unpaired) electrons. The number of nitrogens with zero attached hydrogens (tertiary/aromatic N) is 1. The average Bonchev–Trinajstić information content (AvgIpc) is 2.52. The molecule has 1 aromatic rings. The Labute approximate surface area is 85.9 Å². The normalized spacial score (nSPS) is 13.5. The van der Waals surface area contributed by atoms with Crippen LogP contribution >= 0.6 is 0 Å². The molecule has 3 heteroatoms. The first-order valence-electron chi connectivity index (χ1n) is 5.31. The van der Waals surface area contributed by atoms with Gasteiger partial charge in [-0.15, -0.1) is 0 Å². The fourth-order valence-corrected chi connectivity index (χ4v) is 1.41. The summed E-state index contributed by atoms with van der Waals surface area (Å²) in [6.45, 7) is 9.43. The Kier molecular flexibility index (Phi) is 4.14. The topological polar surface area (TPSA) is 38.1 Å². The minimum atomic E-state index is 0.209. The van der Waals surface area contributed by atoms with Crippen LogP contribution in [0.2, 0.25) is 0 Å². The van der Waals surface area contributed by atoms with Crippen LogP contribution < -0.4 is 5.32 Å². The lowest BCUT2D eigenvalue weighted by Gasteiger charge is -2.07. The van der Waals surface area contributed by atoms with Crippen LogP contribution in [0.3, 0.4) is 0 Å². The van der Waals surface area contributed by atoms with E-state index < -0.39 is 0 Å². The molecule has 0 aromatic carbocycles. The zero-order chi connectivity index (χ0) is 10.6. The molecule has 0 aliphatic carbocycles. The quantitative estimate of drug-likeness (QED) is 0.786. The van der Waals surface area contributed by atoms with Crippen molar-refractivity contribution >= 4 is 0 Å². The van der Waals surface area contributed by atoms with Gasteiger partial charge < -0.3 is 9.73 Å². The first kappa shape index (κ1) is 11.2. The Hall–Kier alpha value is -0.830. The van der Waals surface area contributed by atoms with Gasteiger partial charge in [0.05, 0.1) is 12.2 Å². The van der Waals surface area contributed by atoms with E-state index in [0.29, 0.717) is 5.92 Å². The van der Waals surface area contributed by atoms with E-state index in [1.54, 1.807) is 0 Å². The number of aromatic nitrogens is 1. The molecule has 0 aliphatic rings. The third-order valence-electron chi connectivity index (χ3n) is 2.06. The predicted molar refractivity (Wildman–Crippen MR) is 57.1 cm³/mol. The van der Waals surface area contributed by atoms with E-state index in [1.807, 2.05) is 6.20 Å². The van der Waals surface area contributed by atoms with Crippen molar-refractivity contribution in [2.75, 3.05) is 6.54 Å². The minimum Gasteiger partial charge on any atom is -0.444 e.